The Bertz CT molecular complexity index is 772. The number of aromatic nitrogens is 1. The van der Waals surface area contributed by atoms with Crippen molar-refractivity contribution in [3.63, 3.8) is 0 Å². The first-order valence-electron chi connectivity index (χ1n) is 9.50. The Kier molecular flexibility index (Phi) is 6.45. The highest BCUT2D eigenvalue weighted by Crippen LogP contribution is 2.34. The third-order valence-electron chi connectivity index (χ3n) is 5.35. The van der Waals surface area contributed by atoms with Gasteiger partial charge in [-0.15, -0.1) is 24.0 Å². The fourth-order valence-corrected chi connectivity index (χ4v) is 4.08. The molecule has 4 rings (SSSR count). The lowest BCUT2D eigenvalue weighted by Gasteiger charge is -2.22. The van der Waals surface area contributed by atoms with Crippen LogP contribution in [0.1, 0.15) is 37.3 Å². The van der Waals surface area contributed by atoms with Crippen LogP contribution in [0.4, 0.5) is 0 Å². The summed E-state index contributed by atoms with van der Waals surface area (Å²) in [4.78, 5) is 8.16. The van der Waals surface area contributed by atoms with Crippen LogP contribution in [0.2, 0.25) is 0 Å². The van der Waals surface area contributed by atoms with Crippen LogP contribution in [0.5, 0.6) is 0 Å². The predicted molar refractivity (Wildman–Crippen MR) is 118 cm³/mol. The topological polar surface area (TPSA) is 61.4 Å². The van der Waals surface area contributed by atoms with E-state index in [1.807, 2.05) is 0 Å². The molecule has 0 spiro atoms. The number of aromatic amines is 1. The van der Waals surface area contributed by atoms with Gasteiger partial charge in [0.1, 0.15) is 0 Å². The molecule has 3 N–H and O–H groups in total. The number of rotatable bonds is 5. The Morgan fingerprint density at radius 2 is 2.23 bits per heavy atom. The predicted octanol–water partition coefficient (Wildman–Crippen LogP) is 3.51. The second-order valence-electron chi connectivity index (χ2n) is 7.23. The third kappa shape index (κ3) is 4.17. The van der Waals surface area contributed by atoms with Crippen molar-refractivity contribution >= 4 is 40.8 Å². The largest absolute Gasteiger partial charge is 0.373 e. The summed E-state index contributed by atoms with van der Waals surface area (Å²) >= 11 is 0. The maximum Gasteiger partial charge on any atom is 0.191 e. The Morgan fingerprint density at radius 3 is 2.96 bits per heavy atom. The van der Waals surface area contributed by atoms with Crippen molar-refractivity contribution in [1.82, 2.24) is 15.6 Å². The SMILES string of the molecule is CCNC(=NCCc1c[nH]c2cc(C)ccc12)NC1CC2CCC1O2.I. The summed E-state index contributed by atoms with van der Waals surface area (Å²) in [7, 11) is 0. The van der Waals surface area contributed by atoms with E-state index >= 15 is 0 Å². The molecule has 6 heteroatoms. The molecule has 2 saturated heterocycles. The van der Waals surface area contributed by atoms with E-state index in [4.69, 9.17) is 9.73 Å². The molecule has 0 aliphatic carbocycles. The molecular weight excluding hydrogens is 439 g/mol. The van der Waals surface area contributed by atoms with Crippen LogP contribution in [0, 0.1) is 6.92 Å². The lowest BCUT2D eigenvalue weighted by atomic mass is 9.96. The molecule has 1 aromatic heterocycles. The molecule has 1 aromatic carbocycles. The van der Waals surface area contributed by atoms with Gasteiger partial charge in [-0.05, 0) is 56.7 Å². The van der Waals surface area contributed by atoms with Crippen LogP contribution in [-0.2, 0) is 11.2 Å². The number of hydrogen-bond donors (Lipinski definition) is 3. The third-order valence-corrected chi connectivity index (χ3v) is 5.35. The minimum atomic E-state index is 0. The second-order valence-corrected chi connectivity index (χ2v) is 7.23. The highest BCUT2D eigenvalue weighted by Gasteiger charge is 2.41. The van der Waals surface area contributed by atoms with Crippen LogP contribution in [0.25, 0.3) is 10.9 Å². The Morgan fingerprint density at radius 1 is 1.35 bits per heavy atom. The number of nitrogens with one attached hydrogen (secondary N) is 3. The van der Waals surface area contributed by atoms with Gasteiger partial charge in [-0.1, -0.05) is 12.1 Å². The van der Waals surface area contributed by atoms with E-state index in [-0.39, 0.29) is 24.0 Å². The number of nitrogens with zero attached hydrogens (tertiary/aromatic N) is 1. The van der Waals surface area contributed by atoms with Gasteiger partial charge in [0.15, 0.2) is 5.96 Å². The number of ether oxygens (including phenoxy) is 1. The van der Waals surface area contributed by atoms with Crippen LogP contribution in [0.3, 0.4) is 0 Å². The number of hydrogen-bond acceptors (Lipinski definition) is 2. The summed E-state index contributed by atoms with van der Waals surface area (Å²) in [6.45, 7) is 5.88. The van der Waals surface area contributed by atoms with Gasteiger partial charge in [0, 0.05) is 30.2 Å². The summed E-state index contributed by atoms with van der Waals surface area (Å²) in [5.74, 6) is 0.916. The zero-order valence-corrected chi connectivity index (χ0v) is 17.9. The molecule has 0 amide bonds. The highest BCUT2D eigenvalue weighted by molar-refractivity contribution is 14.0. The molecule has 2 bridgehead atoms. The molecule has 2 aliphatic rings. The monoisotopic (exact) mass is 468 g/mol. The van der Waals surface area contributed by atoms with Crippen LogP contribution in [-0.4, -0.2) is 42.3 Å². The van der Waals surface area contributed by atoms with Crippen molar-refractivity contribution in [2.24, 2.45) is 4.99 Å². The first kappa shape index (κ1) is 19.5. The van der Waals surface area contributed by atoms with Gasteiger partial charge in [0.05, 0.1) is 18.2 Å². The number of guanidine groups is 1. The van der Waals surface area contributed by atoms with Crippen molar-refractivity contribution < 1.29 is 4.74 Å². The first-order chi connectivity index (χ1) is 12.2. The molecule has 2 fully saturated rings. The van der Waals surface area contributed by atoms with Gasteiger partial charge in [0.25, 0.3) is 0 Å². The summed E-state index contributed by atoms with van der Waals surface area (Å²) < 4.78 is 5.94. The van der Waals surface area contributed by atoms with E-state index in [1.165, 1.54) is 34.9 Å². The van der Waals surface area contributed by atoms with Gasteiger partial charge in [-0.25, -0.2) is 0 Å². The van der Waals surface area contributed by atoms with E-state index in [2.05, 4.69) is 53.9 Å². The van der Waals surface area contributed by atoms with Gasteiger partial charge in [-0.2, -0.15) is 0 Å². The highest BCUT2D eigenvalue weighted by atomic mass is 127. The Hall–Kier alpha value is -1.28. The van der Waals surface area contributed by atoms with E-state index in [0.717, 1.165) is 31.9 Å². The summed E-state index contributed by atoms with van der Waals surface area (Å²) in [5, 5.41) is 8.25. The lowest BCUT2D eigenvalue weighted by molar-refractivity contribution is 0.0992. The number of fused-ring (bicyclic) bond motifs is 3. The van der Waals surface area contributed by atoms with Crippen LogP contribution >= 0.6 is 24.0 Å². The molecule has 3 atom stereocenters. The Balaban J connectivity index is 0.00000196. The molecule has 5 nitrogen and oxygen atoms in total. The fraction of sp³-hybridized carbons (Fsp3) is 0.550. The molecule has 3 heterocycles. The molecular formula is C20H29IN4O. The maximum absolute atomic E-state index is 5.94. The second kappa shape index (κ2) is 8.61. The number of H-pyrrole nitrogens is 1. The molecule has 2 aromatic rings. The minimum Gasteiger partial charge on any atom is -0.373 e. The zero-order valence-electron chi connectivity index (χ0n) is 15.5. The maximum atomic E-state index is 5.94. The van der Waals surface area contributed by atoms with Crippen molar-refractivity contribution in [1.29, 1.82) is 0 Å². The number of aryl methyl sites for hydroxylation is 1. The van der Waals surface area contributed by atoms with E-state index in [9.17, 15) is 0 Å². The van der Waals surface area contributed by atoms with Crippen molar-refractivity contribution in [3.05, 3.63) is 35.5 Å². The molecule has 26 heavy (non-hydrogen) atoms. The van der Waals surface area contributed by atoms with Crippen molar-refractivity contribution in [3.8, 4) is 0 Å². The standard InChI is InChI=1S/C20H28N4O.HI/c1-3-21-20(24-18-11-15-5-7-19(18)25-15)22-9-8-14-12-23-17-10-13(2)4-6-16(14)17;/h4,6,10,12,15,18-19,23H,3,5,7-9,11H2,1-2H3,(H2,21,22,24);1H. The quantitative estimate of drug-likeness (QED) is 0.358. The van der Waals surface area contributed by atoms with Gasteiger partial charge in [0.2, 0.25) is 0 Å². The van der Waals surface area contributed by atoms with Crippen molar-refractivity contribution in [2.45, 2.75) is 57.8 Å². The summed E-state index contributed by atoms with van der Waals surface area (Å²) in [6.07, 6.45) is 7.38. The lowest BCUT2D eigenvalue weighted by Crippen LogP contribution is -2.47. The molecule has 3 unspecified atom stereocenters. The van der Waals surface area contributed by atoms with Gasteiger partial charge in [-0.3, -0.25) is 4.99 Å². The smallest absolute Gasteiger partial charge is 0.191 e. The fourth-order valence-electron chi connectivity index (χ4n) is 4.08. The molecule has 0 saturated carbocycles. The van der Waals surface area contributed by atoms with E-state index in [1.54, 1.807) is 0 Å². The van der Waals surface area contributed by atoms with E-state index in [0.29, 0.717) is 18.2 Å². The summed E-state index contributed by atoms with van der Waals surface area (Å²) in [5.41, 5.74) is 3.83. The average molecular weight is 468 g/mol. The first-order valence-corrected chi connectivity index (χ1v) is 9.50. The van der Waals surface area contributed by atoms with Crippen LogP contribution in [0.15, 0.2) is 29.4 Å². The average Bonchev–Trinajstić information content (AvgIpc) is 3.30. The minimum absolute atomic E-state index is 0. The van der Waals surface area contributed by atoms with Gasteiger partial charge >= 0.3 is 0 Å². The Labute approximate surface area is 172 Å². The molecule has 142 valence electrons. The number of benzene rings is 1. The molecule has 0 radical (unpaired) electrons. The summed E-state index contributed by atoms with van der Waals surface area (Å²) in [6, 6.07) is 6.98. The van der Waals surface area contributed by atoms with Crippen molar-refractivity contribution in [2.75, 3.05) is 13.1 Å². The zero-order chi connectivity index (χ0) is 17.2. The normalized spacial score (nSPS) is 24.7. The number of aliphatic imine (C=N–C) groups is 1. The van der Waals surface area contributed by atoms with Gasteiger partial charge < -0.3 is 20.4 Å². The van der Waals surface area contributed by atoms with E-state index < -0.39 is 0 Å². The number of halogens is 1. The molecule has 2 aliphatic heterocycles. The van der Waals surface area contributed by atoms with Crippen LogP contribution < -0.4 is 10.6 Å².